The van der Waals surface area contributed by atoms with Crippen LogP contribution in [-0.2, 0) is 10.4 Å². The van der Waals surface area contributed by atoms with E-state index in [0.29, 0.717) is 42.0 Å². The second kappa shape index (κ2) is 9.38. The highest BCUT2D eigenvalue weighted by atomic mass is 16.4. The number of hydrogen-bond acceptors (Lipinski definition) is 10. The van der Waals surface area contributed by atoms with Gasteiger partial charge in [-0.15, -0.1) is 0 Å². The summed E-state index contributed by atoms with van der Waals surface area (Å²) in [5.74, 6) is 5.92. The Morgan fingerprint density at radius 1 is 1.41 bits per heavy atom. The fourth-order valence-electron chi connectivity index (χ4n) is 3.43. The first-order valence-corrected chi connectivity index (χ1v) is 10.6. The van der Waals surface area contributed by atoms with Gasteiger partial charge in [-0.1, -0.05) is 11.8 Å². The van der Waals surface area contributed by atoms with Crippen LogP contribution in [0.4, 0.5) is 5.69 Å². The van der Waals surface area contributed by atoms with E-state index in [1.807, 2.05) is 0 Å². The van der Waals surface area contributed by atoms with Crippen LogP contribution in [0.15, 0.2) is 52.0 Å². The van der Waals surface area contributed by atoms with Crippen molar-refractivity contribution >= 4 is 23.3 Å². The van der Waals surface area contributed by atoms with Gasteiger partial charge in [0.25, 0.3) is 5.91 Å². The summed E-state index contributed by atoms with van der Waals surface area (Å²) in [5.41, 5.74) is 5.20. The lowest BCUT2D eigenvalue weighted by Gasteiger charge is -2.32. The number of nitrogens with two attached hydrogens (primary N) is 1. The number of aliphatic hydroxyl groups excluding tert-OH is 1. The molecule has 1 aromatic carbocycles. The summed E-state index contributed by atoms with van der Waals surface area (Å²) in [6.07, 6.45) is 5.06. The number of hydrogen-bond donors (Lipinski definition) is 7. The van der Waals surface area contributed by atoms with Crippen LogP contribution < -0.4 is 21.7 Å². The van der Waals surface area contributed by atoms with Crippen molar-refractivity contribution in [2.24, 2.45) is 10.7 Å². The minimum Gasteiger partial charge on any atom is -0.445 e. The molecule has 1 aliphatic heterocycles. The van der Waals surface area contributed by atoms with Crippen LogP contribution in [0.25, 0.3) is 0 Å². The molecule has 8 N–H and O–H groups in total. The van der Waals surface area contributed by atoms with Crippen molar-refractivity contribution in [1.82, 2.24) is 15.6 Å². The van der Waals surface area contributed by atoms with Gasteiger partial charge in [0.15, 0.2) is 11.6 Å². The van der Waals surface area contributed by atoms with Crippen molar-refractivity contribution in [3.63, 3.8) is 0 Å². The number of benzene rings is 1. The summed E-state index contributed by atoms with van der Waals surface area (Å²) in [6, 6.07) is 4.75. The number of carbonyl (C=O) groups is 1. The predicted octanol–water partition coefficient (Wildman–Crippen LogP) is 0.112. The van der Waals surface area contributed by atoms with E-state index in [2.05, 4.69) is 37.8 Å². The zero-order valence-corrected chi connectivity index (χ0v) is 18.4. The van der Waals surface area contributed by atoms with Gasteiger partial charge in [-0.2, -0.15) is 0 Å². The minimum absolute atomic E-state index is 0.0702. The zero-order valence-electron chi connectivity index (χ0n) is 18.4. The number of amides is 1. The van der Waals surface area contributed by atoms with Gasteiger partial charge in [-0.25, -0.2) is 9.98 Å². The van der Waals surface area contributed by atoms with E-state index in [1.165, 1.54) is 19.4 Å². The van der Waals surface area contributed by atoms with Crippen LogP contribution in [0.3, 0.4) is 0 Å². The highest BCUT2D eigenvalue weighted by Crippen LogP contribution is 2.23. The van der Waals surface area contributed by atoms with Crippen molar-refractivity contribution in [2.75, 3.05) is 11.9 Å². The Morgan fingerprint density at radius 2 is 2.21 bits per heavy atom. The van der Waals surface area contributed by atoms with Crippen LogP contribution in [-0.4, -0.2) is 51.5 Å². The van der Waals surface area contributed by atoms with Crippen LogP contribution in [0.5, 0.6) is 0 Å². The topological polar surface area (TPSA) is 182 Å². The molecule has 2 aromatic rings. The van der Waals surface area contributed by atoms with Crippen molar-refractivity contribution in [3.05, 3.63) is 59.6 Å². The summed E-state index contributed by atoms with van der Waals surface area (Å²) in [7, 11) is 0. The standard InChI is InChI=1S/C23H25N7O4/c1-23(33,21-26-8-9-34-21)6-4-13-2-3-16(19(24)20(32)28-14-11-15(31)12-14)17(10-13)29-18-5-7-27-22(25)30-18/h2-3,5,8-10,14-15,24,29,31,33H,7,11-12H2,1H3,(H,28,32)(H3,25,27,30). The van der Waals surface area contributed by atoms with Crippen LogP contribution in [0.2, 0.25) is 0 Å². The molecule has 0 saturated heterocycles. The molecule has 1 aliphatic carbocycles. The second-order valence-corrected chi connectivity index (χ2v) is 8.18. The number of nitrogens with zero attached hydrogens (tertiary/aromatic N) is 2. The van der Waals surface area contributed by atoms with Gasteiger partial charge in [0, 0.05) is 17.2 Å². The maximum absolute atomic E-state index is 12.6. The number of guanidine groups is 1. The maximum Gasteiger partial charge on any atom is 0.270 e. The molecule has 11 heteroatoms. The third-order valence-electron chi connectivity index (χ3n) is 5.35. The predicted molar refractivity (Wildman–Crippen MR) is 125 cm³/mol. The van der Waals surface area contributed by atoms with Gasteiger partial charge in [0.05, 0.1) is 24.5 Å². The molecule has 0 spiro atoms. The summed E-state index contributed by atoms with van der Waals surface area (Å²) in [5, 5.41) is 37.2. The number of nitrogens with one attached hydrogen (secondary N) is 4. The summed E-state index contributed by atoms with van der Waals surface area (Å²) >= 11 is 0. The molecule has 1 unspecified atom stereocenters. The molecule has 0 radical (unpaired) electrons. The Hall–Kier alpha value is -4.14. The SMILES string of the molecule is CC(O)(C#Cc1ccc(C(=N)C(=O)NC2CC(O)C2)c(NC2=CCN=C(N)N2)c1)c1ncco1. The number of aliphatic imine (C=N–C) groups is 1. The minimum atomic E-state index is -1.60. The molecule has 1 amide bonds. The van der Waals surface area contributed by atoms with E-state index < -0.39 is 17.6 Å². The Bertz CT molecular complexity index is 1220. The molecule has 176 valence electrons. The Kier molecular flexibility index (Phi) is 6.36. The molecule has 2 aliphatic rings. The van der Waals surface area contributed by atoms with E-state index in [-0.39, 0.29) is 23.6 Å². The summed E-state index contributed by atoms with van der Waals surface area (Å²) in [4.78, 5) is 20.6. The molecule has 1 atom stereocenters. The van der Waals surface area contributed by atoms with Gasteiger partial charge in [0.2, 0.25) is 5.89 Å². The number of anilines is 1. The molecule has 1 saturated carbocycles. The molecular formula is C23H25N7O4. The smallest absolute Gasteiger partial charge is 0.270 e. The lowest BCUT2D eigenvalue weighted by molar-refractivity contribution is -0.116. The lowest BCUT2D eigenvalue weighted by atomic mass is 9.89. The van der Waals surface area contributed by atoms with Gasteiger partial charge in [-0.3, -0.25) is 10.2 Å². The van der Waals surface area contributed by atoms with Gasteiger partial charge < -0.3 is 36.3 Å². The number of oxazole rings is 1. The number of aromatic nitrogens is 1. The molecule has 1 aromatic heterocycles. The van der Waals surface area contributed by atoms with Gasteiger partial charge in [-0.05, 0) is 44.0 Å². The number of carbonyl (C=O) groups excluding carboxylic acids is 1. The van der Waals surface area contributed by atoms with Gasteiger partial charge in [0.1, 0.15) is 17.8 Å². The first kappa shape index (κ1) is 23.0. The third kappa shape index (κ3) is 5.25. The fraction of sp³-hybridized carbons (Fsp3) is 0.304. The first-order valence-electron chi connectivity index (χ1n) is 10.6. The van der Waals surface area contributed by atoms with Crippen molar-refractivity contribution in [1.29, 1.82) is 5.41 Å². The van der Waals surface area contributed by atoms with E-state index in [0.717, 1.165) is 0 Å². The highest BCUT2D eigenvalue weighted by molar-refractivity contribution is 6.45. The molecule has 34 heavy (non-hydrogen) atoms. The average molecular weight is 463 g/mol. The van der Waals surface area contributed by atoms with Crippen LogP contribution in [0.1, 0.15) is 36.8 Å². The van der Waals surface area contributed by atoms with E-state index in [9.17, 15) is 15.0 Å². The van der Waals surface area contributed by atoms with Crippen molar-refractivity contribution in [2.45, 2.75) is 37.5 Å². The van der Waals surface area contributed by atoms with Crippen molar-refractivity contribution in [3.8, 4) is 11.8 Å². The second-order valence-electron chi connectivity index (χ2n) is 8.18. The normalized spacial score (nSPS) is 20.8. The highest BCUT2D eigenvalue weighted by Gasteiger charge is 2.30. The number of rotatable bonds is 6. The first-order chi connectivity index (χ1) is 16.2. The quantitative estimate of drug-likeness (QED) is 0.233. The zero-order chi connectivity index (χ0) is 24.3. The largest absolute Gasteiger partial charge is 0.445 e. The monoisotopic (exact) mass is 463 g/mol. The lowest BCUT2D eigenvalue weighted by Crippen LogP contribution is -2.48. The molecule has 1 fully saturated rings. The van der Waals surface area contributed by atoms with Gasteiger partial charge >= 0.3 is 0 Å². The summed E-state index contributed by atoms with van der Waals surface area (Å²) in [6.45, 7) is 1.84. The molecule has 2 heterocycles. The van der Waals surface area contributed by atoms with Crippen LogP contribution >= 0.6 is 0 Å². The van der Waals surface area contributed by atoms with E-state index in [1.54, 1.807) is 24.3 Å². The molecule has 11 nitrogen and oxygen atoms in total. The van der Waals surface area contributed by atoms with E-state index in [4.69, 9.17) is 15.6 Å². The van der Waals surface area contributed by atoms with Crippen LogP contribution in [0, 0.1) is 17.3 Å². The Labute approximate surface area is 195 Å². The Balaban J connectivity index is 1.60. The average Bonchev–Trinajstić information content (AvgIpc) is 3.32. The Morgan fingerprint density at radius 3 is 2.88 bits per heavy atom. The fourth-order valence-corrected chi connectivity index (χ4v) is 3.43. The maximum atomic E-state index is 12.6. The summed E-state index contributed by atoms with van der Waals surface area (Å²) < 4.78 is 5.15. The van der Waals surface area contributed by atoms with E-state index >= 15 is 0 Å². The molecular weight excluding hydrogens is 438 g/mol. The molecule has 0 bridgehead atoms. The van der Waals surface area contributed by atoms with Crippen molar-refractivity contribution < 1.29 is 19.4 Å². The molecule has 4 rings (SSSR count). The third-order valence-corrected chi connectivity index (χ3v) is 5.35. The number of aliphatic hydroxyl groups is 2.